The van der Waals surface area contributed by atoms with E-state index in [4.69, 9.17) is 44.5 Å². The van der Waals surface area contributed by atoms with Crippen LogP contribution in [0.5, 0.6) is 0 Å². The summed E-state index contributed by atoms with van der Waals surface area (Å²) in [5.41, 5.74) is 14.7. The lowest BCUT2D eigenvalue weighted by Gasteiger charge is -2.19. The first-order valence-electron chi connectivity index (χ1n) is 35.4. The molecule has 0 aliphatic heterocycles. The lowest BCUT2D eigenvalue weighted by molar-refractivity contribution is 0.0527. The van der Waals surface area contributed by atoms with Gasteiger partial charge in [0.15, 0.2) is 11.4 Å². The molecule has 28 nitrogen and oxygen atoms in total. The number of rotatable bonds is 22. The number of nitrogens with one attached hydrogen (secondary N) is 3. The van der Waals surface area contributed by atoms with Gasteiger partial charge in [-0.2, -0.15) is 15.3 Å². The molecule has 3 saturated carbocycles. The number of carbonyl (C=O) groups is 5. The Morgan fingerprint density at radius 3 is 1.19 bits per heavy atom. The van der Waals surface area contributed by atoms with Gasteiger partial charge < -0.3 is 52.2 Å². The Morgan fingerprint density at radius 1 is 0.481 bits per heavy atom. The zero-order valence-electron chi connectivity index (χ0n) is 59.1. The average molecular weight is 1510 g/mol. The first kappa shape index (κ1) is 70.5. The lowest BCUT2D eigenvalue weighted by atomic mass is 9.97. The van der Waals surface area contributed by atoms with E-state index < -0.39 is 5.60 Å². The van der Waals surface area contributed by atoms with Gasteiger partial charge in [-0.3, -0.25) is 33.2 Å². The number of amides is 3. The summed E-state index contributed by atoms with van der Waals surface area (Å²) in [6, 6.07) is 16.7. The molecule has 0 spiro atoms. The molecule has 31 heteroatoms. The molecule has 3 aliphatic rings. The van der Waals surface area contributed by atoms with Crippen LogP contribution in [0.25, 0.3) is 33.5 Å². The third-order valence-corrected chi connectivity index (χ3v) is 19.9. The van der Waals surface area contributed by atoms with Crippen LogP contribution in [-0.4, -0.2) is 127 Å². The number of Topliss-reactive ketones (excluding diaryl/α,β-unsaturated/α-hetero) is 1. The molecule has 0 bridgehead atoms. The Kier molecular flexibility index (Phi) is 19.0. The quantitative estimate of drug-likeness (QED) is 0.0362. The highest BCUT2D eigenvalue weighted by Gasteiger charge is 2.31. The third-order valence-electron chi connectivity index (χ3n) is 19.2. The molecule has 3 amide bonds. The van der Waals surface area contributed by atoms with E-state index in [1.165, 1.54) is 36.4 Å². The summed E-state index contributed by atoms with van der Waals surface area (Å²) in [6.45, 7) is 9.16. The Balaban J connectivity index is 0.000000124. The number of carbonyl (C=O) groups excluding carboxylic acids is 5. The van der Waals surface area contributed by atoms with Crippen LogP contribution in [-0.2, 0) is 49.6 Å². The van der Waals surface area contributed by atoms with Crippen molar-refractivity contribution in [3.63, 3.8) is 0 Å². The molecule has 15 aromatic rings. The van der Waals surface area contributed by atoms with Gasteiger partial charge in [-0.25, -0.2) is 34.7 Å². The Hall–Kier alpha value is -11.9. The zero-order valence-corrected chi connectivity index (χ0v) is 61.4. The van der Waals surface area contributed by atoms with E-state index in [2.05, 4.69) is 74.6 Å². The van der Waals surface area contributed by atoms with E-state index in [1.807, 2.05) is 100 Å². The van der Waals surface area contributed by atoms with Crippen LogP contribution in [0.15, 0.2) is 167 Å². The SMILES string of the molecule is CC(=O)c1cc(C2CC2)cn2cc(Cn3cc(C(=O)NCc4ncn5ccc(Cl)cc45)cn3)nc12.CC(C)(O)c1cc(C2CC2)cn2cc(Cn3cc(C(=O)NCc4ncn5ccc(Cl)cc45)cn3)nc12.CCOC(=O)c1cc(C2CC2)cn2cc(Cn3cc(C(=O)NCc4ncn5ccc(Cl)cc45)cn3)nc12. The predicted molar refractivity (Wildman–Crippen MR) is 401 cm³/mol. The fourth-order valence-electron chi connectivity index (χ4n) is 13.2. The molecule has 4 N–H and O–H groups in total. The number of esters is 1. The first-order chi connectivity index (χ1) is 52.2. The zero-order chi connectivity index (χ0) is 74.6. The minimum Gasteiger partial charge on any atom is -0.462 e. The summed E-state index contributed by atoms with van der Waals surface area (Å²) in [4.78, 5) is 90.2. The van der Waals surface area contributed by atoms with E-state index in [0.29, 0.717) is 98.2 Å². The average Bonchev–Trinajstić information content (AvgIpc) is 1.61. The van der Waals surface area contributed by atoms with Crippen molar-refractivity contribution in [1.82, 2.24) is 102 Å². The lowest BCUT2D eigenvalue weighted by Crippen LogP contribution is -2.22. The minimum absolute atomic E-state index is 0.000425. The maximum Gasteiger partial charge on any atom is 0.341 e. The number of hydrogen-bond acceptors (Lipinski definition) is 16. The second kappa shape index (κ2) is 29.1. The Morgan fingerprint density at radius 2 is 0.833 bits per heavy atom. The van der Waals surface area contributed by atoms with Gasteiger partial charge in [0.05, 0.1) is 162 Å². The van der Waals surface area contributed by atoms with Crippen LogP contribution in [0.3, 0.4) is 0 Å². The summed E-state index contributed by atoms with van der Waals surface area (Å²) in [5, 5.41) is 34.2. The third kappa shape index (κ3) is 15.4. The molecular formula is C77H72Cl3N21O7. The fraction of sp³-hybridized carbons (Fsp3) is 0.273. The largest absolute Gasteiger partial charge is 0.462 e. The van der Waals surface area contributed by atoms with E-state index in [9.17, 15) is 29.1 Å². The van der Waals surface area contributed by atoms with Gasteiger partial charge in [0.25, 0.3) is 17.7 Å². The second-order valence-electron chi connectivity index (χ2n) is 27.9. The highest BCUT2D eigenvalue weighted by molar-refractivity contribution is 6.31. The van der Waals surface area contributed by atoms with E-state index in [0.717, 1.165) is 93.2 Å². The number of nitrogens with zero attached hydrogens (tertiary/aromatic N) is 18. The molecule has 18 rings (SSSR count). The Labute approximate surface area is 630 Å². The number of imidazole rings is 6. The first-order valence-corrected chi connectivity index (χ1v) is 36.5. The summed E-state index contributed by atoms with van der Waals surface area (Å²) in [6.07, 6.45) is 39.1. The van der Waals surface area contributed by atoms with Crippen molar-refractivity contribution in [3.05, 3.63) is 266 Å². The smallest absolute Gasteiger partial charge is 0.341 e. The van der Waals surface area contributed by atoms with Crippen LogP contribution < -0.4 is 16.0 Å². The van der Waals surface area contributed by atoms with Crippen LogP contribution >= 0.6 is 34.8 Å². The monoisotopic (exact) mass is 1510 g/mol. The van der Waals surface area contributed by atoms with Gasteiger partial charge in [-0.1, -0.05) is 34.8 Å². The van der Waals surface area contributed by atoms with Crippen LogP contribution in [0.2, 0.25) is 15.1 Å². The highest BCUT2D eigenvalue weighted by Crippen LogP contribution is 2.43. The summed E-state index contributed by atoms with van der Waals surface area (Å²) in [5.74, 6) is 0.452. The molecule has 3 aliphatic carbocycles. The number of aromatic nitrogens is 18. The summed E-state index contributed by atoms with van der Waals surface area (Å²) in [7, 11) is 0. The highest BCUT2D eigenvalue weighted by atomic mass is 35.5. The second-order valence-corrected chi connectivity index (χ2v) is 29.2. The predicted octanol–water partition coefficient (Wildman–Crippen LogP) is 11.7. The number of aliphatic hydroxyl groups is 1. The van der Waals surface area contributed by atoms with Crippen molar-refractivity contribution in [2.75, 3.05) is 6.61 Å². The number of hydrogen-bond donors (Lipinski definition) is 4. The summed E-state index contributed by atoms with van der Waals surface area (Å²) < 4.78 is 21.6. The number of ether oxygens (including phenoxy) is 1. The number of fused-ring (bicyclic) bond motifs is 6. The minimum atomic E-state index is -1.00. The van der Waals surface area contributed by atoms with Gasteiger partial charge in [0.1, 0.15) is 16.9 Å². The number of ketones is 1. The molecule has 3 fully saturated rings. The van der Waals surface area contributed by atoms with Crippen LogP contribution in [0.1, 0.15) is 192 Å². The number of pyridine rings is 6. The van der Waals surface area contributed by atoms with Crippen molar-refractivity contribution >= 4 is 97.8 Å². The molecule has 0 radical (unpaired) electrons. The van der Waals surface area contributed by atoms with Gasteiger partial charge in [0, 0.05) is 95.0 Å². The topological polar surface area (TPSA) is 308 Å². The molecule has 108 heavy (non-hydrogen) atoms. The van der Waals surface area contributed by atoms with Gasteiger partial charge in [-0.15, -0.1) is 0 Å². The van der Waals surface area contributed by atoms with Gasteiger partial charge in [-0.05, 0) is 155 Å². The molecule has 0 atom stereocenters. The van der Waals surface area contributed by atoms with Crippen molar-refractivity contribution < 1.29 is 33.8 Å². The molecule has 15 aromatic heterocycles. The van der Waals surface area contributed by atoms with Crippen molar-refractivity contribution in [3.8, 4) is 0 Å². The van der Waals surface area contributed by atoms with E-state index in [1.54, 1.807) is 104 Å². The maximum atomic E-state index is 12.7. The Bertz CT molecular complexity index is 6010. The molecule has 548 valence electrons. The van der Waals surface area contributed by atoms with Gasteiger partial charge in [0.2, 0.25) is 0 Å². The summed E-state index contributed by atoms with van der Waals surface area (Å²) >= 11 is 18.3. The standard InChI is InChI=1S/C26H24ClN7O3.C26H26ClN7O2.C25H22ClN7O2/c1-2-37-26(36)21-7-17(16-3-4-16)11-33-13-20(31-24(21)33)14-34-12-18(9-30-34)25(35)28-10-22-23-8-19(27)5-6-32(23)15-29-22;1-26(2,36)21-7-17(16-3-4-16)11-33-13-20(31-24(21)33)14-34-12-18(9-30-34)25(35)28-10-22-23-8-19(27)5-6-32(23)15-29-22;1-15(34)21-6-17(16-2-3-16)10-32-12-20(30-24(21)32)13-33-11-18(8-29-33)25(35)27-9-22-23-7-19(26)4-5-31(23)14-28-22/h5-9,11-13,15-16H,2-4,10,14H2,1H3,(H,28,35);5-9,11-13,15-16,36H,3-4,10,14H2,1-2H3,(H,28,35);4-8,10-12,14,16H,2-3,9,13H2,1H3,(H,27,35). The van der Waals surface area contributed by atoms with E-state index in [-0.39, 0.29) is 49.1 Å². The molecular weight excluding hydrogens is 1440 g/mol. The van der Waals surface area contributed by atoms with E-state index >= 15 is 0 Å². The molecule has 0 saturated heterocycles. The van der Waals surface area contributed by atoms with Crippen molar-refractivity contribution in [2.45, 2.75) is 129 Å². The van der Waals surface area contributed by atoms with Crippen molar-refractivity contribution in [2.24, 2.45) is 0 Å². The molecule has 0 unspecified atom stereocenters. The van der Waals surface area contributed by atoms with Crippen molar-refractivity contribution in [1.29, 1.82) is 0 Å². The van der Waals surface area contributed by atoms with Gasteiger partial charge >= 0.3 is 5.97 Å². The molecule has 15 heterocycles. The normalized spacial score (nSPS) is 13.7. The fourth-order valence-corrected chi connectivity index (χ4v) is 13.7. The van der Waals surface area contributed by atoms with Crippen LogP contribution in [0.4, 0.5) is 0 Å². The van der Waals surface area contributed by atoms with Crippen LogP contribution in [0, 0.1) is 0 Å². The number of halogens is 3. The maximum absolute atomic E-state index is 12.7. The molecule has 0 aromatic carbocycles.